The molecule has 7 heteroatoms. The quantitative estimate of drug-likeness (QED) is 0.607. The molecule has 1 amide bonds. The Morgan fingerprint density at radius 1 is 1.25 bits per heavy atom. The van der Waals surface area contributed by atoms with E-state index in [1.165, 1.54) is 6.08 Å². The molecule has 3 rings (SSSR count). The van der Waals surface area contributed by atoms with E-state index in [-0.39, 0.29) is 12.0 Å². The summed E-state index contributed by atoms with van der Waals surface area (Å²) in [6.07, 6.45) is 6.86. The van der Waals surface area contributed by atoms with Gasteiger partial charge in [0.15, 0.2) is 11.5 Å². The number of amides is 1. The molecule has 0 aliphatic rings. The second-order valence-corrected chi connectivity index (χ2v) is 6.91. The zero-order chi connectivity index (χ0) is 20.1. The summed E-state index contributed by atoms with van der Waals surface area (Å²) >= 11 is 5.97. The number of nitrogens with zero attached hydrogens (tertiary/aromatic N) is 2. The van der Waals surface area contributed by atoms with Crippen LogP contribution in [0.4, 0.5) is 0 Å². The van der Waals surface area contributed by atoms with Gasteiger partial charge in [-0.15, -0.1) is 0 Å². The van der Waals surface area contributed by atoms with E-state index in [9.17, 15) is 4.79 Å². The van der Waals surface area contributed by atoms with Gasteiger partial charge in [-0.2, -0.15) is 0 Å². The Balaban J connectivity index is 1.61. The number of ether oxygens (including phenoxy) is 2. The molecule has 2 heterocycles. The number of pyridine rings is 1. The van der Waals surface area contributed by atoms with Crippen molar-refractivity contribution in [2.45, 2.75) is 26.5 Å². The second-order valence-electron chi connectivity index (χ2n) is 6.47. The molecule has 1 aromatic carbocycles. The van der Waals surface area contributed by atoms with Gasteiger partial charge in [-0.25, -0.2) is 4.98 Å². The number of halogens is 1. The number of hydrogen-bond donors (Lipinski definition) is 1. The van der Waals surface area contributed by atoms with E-state index in [1.807, 2.05) is 48.7 Å². The van der Waals surface area contributed by atoms with Crippen LogP contribution >= 0.6 is 11.6 Å². The van der Waals surface area contributed by atoms with Gasteiger partial charge in [0.1, 0.15) is 5.65 Å². The molecule has 1 N–H and O–H groups in total. The first-order valence-corrected chi connectivity index (χ1v) is 9.26. The van der Waals surface area contributed by atoms with Crippen molar-refractivity contribution < 1.29 is 14.3 Å². The smallest absolute Gasteiger partial charge is 0.244 e. The molecule has 0 saturated heterocycles. The molecule has 28 heavy (non-hydrogen) atoms. The SMILES string of the molecule is COc1cc(/C=C/C(=O)NCc2cn3cc(Cl)ccc3n2)ccc1OC(C)C. The Hall–Kier alpha value is -2.99. The summed E-state index contributed by atoms with van der Waals surface area (Å²) in [6.45, 7) is 4.23. The van der Waals surface area contributed by atoms with Gasteiger partial charge >= 0.3 is 0 Å². The third-order valence-electron chi connectivity index (χ3n) is 3.89. The summed E-state index contributed by atoms with van der Waals surface area (Å²) in [4.78, 5) is 16.6. The van der Waals surface area contributed by atoms with Gasteiger partial charge in [0.2, 0.25) is 5.91 Å². The Bertz CT molecular complexity index is 1010. The lowest BCUT2D eigenvalue weighted by atomic mass is 10.2. The number of hydrogen-bond acceptors (Lipinski definition) is 4. The molecule has 0 unspecified atom stereocenters. The highest BCUT2D eigenvalue weighted by atomic mass is 35.5. The monoisotopic (exact) mass is 399 g/mol. The summed E-state index contributed by atoms with van der Waals surface area (Å²) < 4.78 is 12.9. The summed E-state index contributed by atoms with van der Waals surface area (Å²) in [5.74, 6) is 1.09. The highest BCUT2D eigenvalue weighted by Crippen LogP contribution is 2.29. The van der Waals surface area contributed by atoms with Crippen molar-refractivity contribution in [3.8, 4) is 11.5 Å². The first-order valence-electron chi connectivity index (χ1n) is 8.88. The number of aromatic nitrogens is 2. The van der Waals surface area contributed by atoms with E-state index in [2.05, 4.69) is 10.3 Å². The van der Waals surface area contributed by atoms with Crippen molar-refractivity contribution in [1.82, 2.24) is 14.7 Å². The van der Waals surface area contributed by atoms with Crippen LogP contribution in [0.25, 0.3) is 11.7 Å². The number of methoxy groups -OCH3 is 1. The van der Waals surface area contributed by atoms with Crippen LogP contribution in [0.15, 0.2) is 48.8 Å². The standard InChI is InChI=1S/C21H22ClN3O3/c1-14(2)28-18-7-4-15(10-19(18)27-3)5-9-21(26)23-11-17-13-25-12-16(22)6-8-20(25)24-17/h4-10,12-14H,11H2,1-3H3,(H,23,26)/b9-5+. The maximum atomic E-state index is 12.1. The van der Waals surface area contributed by atoms with Crippen LogP contribution in [0.5, 0.6) is 11.5 Å². The van der Waals surface area contributed by atoms with Crippen LogP contribution in [0.3, 0.4) is 0 Å². The Labute approximate surface area is 168 Å². The van der Waals surface area contributed by atoms with E-state index in [0.29, 0.717) is 23.1 Å². The number of carbonyl (C=O) groups is 1. The summed E-state index contributed by atoms with van der Waals surface area (Å²) in [5, 5.41) is 3.45. The molecule has 6 nitrogen and oxygen atoms in total. The first-order chi connectivity index (χ1) is 13.4. The van der Waals surface area contributed by atoms with Gasteiger partial charge in [0.25, 0.3) is 0 Å². The minimum Gasteiger partial charge on any atom is -0.493 e. The molecule has 0 radical (unpaired) electrons. The minimum absolute atomic E-state index is 0.0525. The lowest BCUT2D eigenvalue weighted by Crippen LogP contribution is -2.20. The van der Waals surface area contributed by atoms with Crippen molar-refractivity contribution in [2.75, 3.05) is 7.11 Å². The summed E-state index contributed by atoms with van der Waals surface area (Å²) in [5.41, 5.74) is 2.37. The fourth-order valence-electron chi connectivity index (χ4n) is 2.65. The average molecular weight is 400 g/mol. The number of benzene rings is 1. The van der Waals surface area contributed by atoms with E-state index in [1.54, 1.807) is 25.4 Å². The van der Waals surface area contributed by atoms with E-state index in [4.69, 9.17) is 21.1 Å². The predicted octanol–water partition coefficient (Wildman–Crippen LogP) is 4.11. The lowest BCUT2D eigenvalue weighted by Gasteiger charge is -2.13. The molecular formula is C21H22ClN3O3. The van der Waals surface area contributed by atoms with Crippen LogP contribution in [0.1, 0.15) is 25.1 Å². The van der Waals surface area contributed by atoms with Crippen molar-refractivity contribution in [3.63, 3.8) is 0 Å². The molecule has 146 valence electrons. The number of nitrogens with one attached hydrogen (secondary N) is 1. The fourth-order valence-corrected chi connectivity index (χ4v) is 2.82. The number of carbonyl (C=O) groups excluding carboxylic acids is 1. The topological polar surface area (TPSA) is 64.9 Å². The molecule has 0 fully saturated rings. The second kappa shape index (κ2) is 8.80. The highest BCUT2D eigenvalue weighted by Gasteiger charge is 2.07. The molecular weight excluding hydrogens is 378 g/mol. The fraction of sp³-hybridized carbons (Fsp3) is 0.238. The number of rotatable bonds is 7. The maximum Gasteiger partial charge on any atom is 0.244 e. The molecule has 0 spiro atoms. The summed E-state index contributed by atoms with van der Waals surface area (Å²) in [6, 6.07) is 9.13. The van der Waals surface area contributed by atoms with Gasteiger partial charge in [-0.3, -0.25) is 4.79 Å². The molecule has 0 aliphatic carbocycles. The third kappa shape index (κ3) is 5.04. The maximum absolute atomic E-state index is 12.1. The predicted molar refractivity (Wildman–Crippen MR) is 110 cm³/mol. The normalized spacial score (nSPS) is 11.3. The molecule has 3 aromatic rings. The Kier molecular flexibility index (Phi) is 6.21. The van der Waals surface area contributed by atoms with Crippen molar-refractivity contribution in [3.05, 3.63) is 65.1 Å². The first kappa shape index (κ1) is 19.8. The minimum atomic E-state index is -0.212. The number of imidazole rings is 1. The highest BCUT2D eigenvalue weighted by molar-refractivity contribution is 6.30. The third-order valence-corrected chi connectivity index (χ3v) is 4.11. The van der Waals surface area contributed by atoms with Crippen LogP contribution < -0.4 is 14.8 Å². The largest absolute Gasteiger partial charge is 0.493 e. The van der Waals surface area contributed by atoms with Gasteiger partial charge < -0.3 is 19.2 Å². The van der Waals surface area contributed by atoms with E-state index in [0.717, 1.165) is 16.9 Å². The van der Waals surface area contributed by atoms with Gasteiger partial charge in [0.05, 0.1) is 30.5 Å². The Morgan fingerprint density at radius 3 is 2.82 bits per heavy atom. The molecule has 0 saturated carbocycles. The zero-order valence-corrected chi connectivity index (χ0v) is 16.7. The lowest BCUT2D eigenvalue weighted by molar-refractivity contribution is -0.116. The average Bonchev–Trinajstić information content (AvgIpc) is 3.07. The van der Waals surface area contributed by atoms with E-state index < -0.39 is 0 Å². The van der Waals surface area contributed by atoms with Crippen LogP contribution in [0.2, 0.25) is 5.02 Å². The van der Waals surface area contributed by atoms with Gasteiger partial charge in [-0.05, 0) is 49.8 Å². The molecule has 0 atom stereocenters. The van der Waals surface area contributed by atoms with Gasteiger partial charge in [0, 0.05) is 18.5 Å². The van der Waals surface area contributed by atoms with E-state index >= 15 is 0 Å². The zero-order valence-electron chi connectivity index (χ0n) is 16.0. The molecule has 2 aromatic heterocycles. The van der Waals surface area contributed by atoms with Gasteiger partial charge in [-0.1, -0.05) is 17.7 Å². The van der Waals surface area contributed by atoms with Crippen molar-refractivity contribution in [1.29, 1.82) is 0 Å². The Morgan fingerprint density at radius 2 is 2.07 bits per heavy atom. The van der Waals surface area contributed by atoms with Crippen LogP contribution in [0, 0.1) is 0 Å². The van der Waals surface area contributed by atoms with Crippen molar-refractivity contribution in [2.24, 2.45) is 0 Å². The molecule has 0 bridgehead atoms. The summed E-state index contributed by atoms with van der Waals surface area (Å²) in [7, 11) is 1.59. The van der Waals surface area contributed by atoms with Crippen molar-refractivity contribution >= 4 is 29.2 Å². The number of fused-ring (bicyclic) bond motifs is 1. The van der Waals surface area contributed by atoms with Crippen LogP contribution in [-0.4, -0.2) is 28.5 Å². The van der Waals surface area contributed by atoms with Crippen LogP contribution in [-0.2, 0) is 11.3 Å². The molecule has 0 aliphatic heterocycles.